The number of hydrogen-bond donors (Lipinski definition) is 2. The van der Waals surface area contributed by atoms with E-state index in [2.05, 4.69) is 29.4 Å². The van der Waals surface area contributed by atoms with Crippen LogP contribution in [0.2, 0.25) is 0 Å². The van der Waals surface area contributed by atoms with E-state index < -0.39 is 0 Å². The molecular weight excluding hydrogens is 218 g/mol. The van der Waals surface area contributed by atoms with E-state index in [9.17, 15) is 4.79 Å². The molecule has 2 amide bonds. The van der Waals surface area contributed by atoms with E-state index in [1.165, 1.54) is 0 Å². The highest BCUT2D eigenvalue weighted by Gasteiger charge is 2.21. The molecule has 100 valence electrons. The minimum atomic E-state index is -0.0730. The summed E-state index contributed by atoms with van der Waals surface area (Å²) in [6, 6.07) is -0.0730. The lowest BCUT2D eigenvalue weighted by Gasteiger charge is -2.35. The molecule has 1 rings (SSSR count). The lowest BCUT2D eigenvalue weighted by Crippen LogP contribution is -2.46. The highest BCUT2D eigenvalue weighted by Crippen LogP contribution is 2.10. The first-order valence-electron chi connectivity index (χ1n) is 6.51. The molecule has 0 radical (unpaired) electrons. The molecule has 0 spiro atoms. The first kappa shape index (κ1) is 14.3. The van der Waals surface area contributed by atoms with E-state index in [1.807, 2.05) is 6.92 Å². The molecule has 5 nitrogen and oxygen atoms in total. The molecule has 0 bridgehead atoms. The van der Waals surface area contributed by atoms with Crippen LogP contribution >= 0.6 is 0 Å². The predicted octanol–water partition coefficient (Wildman–Crippen LogP) is 0.805. The van der Waals surface area contributed by atoms with Crippen molar-refractivity contribution in [1.29, 1.82) is 0 Å². The molecule has 2 N–H and O–H groups in total. The minimum Gasteiger partial charge on any atom is -0.373 e. The van der Waals surface area contributed by atoms with E-state index in [-0.39, 0.29) is 6.03 Å². The van der Waals surface area contributed by atoms with Gasteiger partial charge < -0.3 is 15.4 Å². The van der Waals surface area contributed by atoms with Gasteiger partial charge in [-0.25, -0.2) is 4.79 Å². The fraction of sp³-hybridized carbons (Fsp3) is 0.917. The van der Waals surface area contributed by atoms with Gasteiger partial charge in [0.1, 0.15) is 0 Å². The van der Waals surface area contributed by atoms with Crippen molar-refractivity contribution >= 4 is 6.03 Å². The minimum absolute atomic E-state index is 0.0730. The molecule has 1 aliphatic heterocycles. The Labute approximate surface area is 104 Å². The monoisotopic (exact) mass is 243 g/mol. The Morgan fingerprint density at radius 3 is 2.53 bits per heavy atom. The van der Waals surface area contributed by atoms with Crippen molar-refractivity contribution in [3.63, 3.8) is 0 Å². The summed E-state index contributed by atoms with van der Waals surface area (Å²) in [5.41, 5.74) is 0. The third-order valence-corrected chi connectivity index (χ3v) is 2.77. The average molecular weight is 243 g/mol. The molecular formula is C12H25N3O2. The maximum Gasteiger partial charge on any atom is 0.314 e. The van der Waals surface area contributed by atoms with Crippen LogP contribution in [-0.2, 0) is 4.74 Å². The Morgan fingerprint density at radius 1 is 1.29 bits per heavy atom. The Bertz CT molecular complexity index is 226. The summed E-state index contributed by atoms with van der Waals surface area (Å²) in [6.07, 6.45) is 1.61. The van der Waals surface area contributed by atoms with E-state index in [0.717, 1.165) is 32.6 Å². The average Bonchev–Trinajstić information content (AvgIpc) is 2.23. The number of hydrogen-bond acceptors (Lipinski definition) is 3. The summed E-state index contributed by atoms with van der Waals surface area (Å²) in [4.78, 5) is 13.5. The molecule has 0 aromatic rings. The molecule has 1 heterocycles. The van der Waals surface area contributed by atoms with Crippen molar-refractivity contribution in [1.82, 2.24) is 15.5 Å². The number of urea groups is 1. The molecule has 0 aromatic carbocycles. The van der Waals surface area contributed by atoms with Gasteiger partial charge >= 0.3 is 6.03 Å². The van der Waals surface area contributed by atoms with Crippen LogP contribution in [0.25, 0.3) is 0 Å². The molecule has 17 heavy (non-hydrogen) atoms. The van der Waals surface area contributed by atoms with Crippen LogP contribution < -0.4 is 10.6 Å². The Kier molecular flexibility index (Phi) is 6.29. The second-order valence-electron chi connectivity index (χ2n) is 4.66. The largest absolute Gasteiger partial charge is 0.373 e. The van der Waals surface area contributed by atoms with Crippen molar-refractivity contribution < 1.29 is 9.53 Å². The molecule has 0 aromatic heterocycles. The molecule has 1 saturated heterocycles. The van der Waals surface area contributed by atoms with Crippen LogP contribution in [0.5, 0.6) is 0 Å². The number of amides is 2. The van der Waals surface area contributed by atoms with Crippen molar-refractivity contribution in [2.24, 2.45) is 0 Å². The Balaban J connectivity index is 2.08. The van der Waals surface area contributed by atoms with Gasteiger partial charge in [0.2, 0.25) is 0 Å². The molecule has 2 unspecified atom stereocenters. The second-order valence-corrected chi connectivity index (χ2v) is 4.66. The number of ether oxygens (including phenoxy) is 1. The number of carbonyl (C=O) groups excluding carboxylic acids is 1. The van der Waals surface area contributed by atoms with Gasteiger partial charge in [0.05, 0.1) is 12.2 Å². The normalized spacial score (nSPS) is 25.6. The van der Waals surface area contributed by atoms with Crippen LogP contribution in [0.3, 0.4) is 0 Å². The van der Waals surface area contributed by atoms with E-state index in [1.54, 1.807) is 0 Å². The first-order chi connectivity index (χ1) is 8.11. The van der Waals surface area contributed by atoms with Gasteiger partial charge in [0.15, 0.2) is 0 Å². The van der Waals surface area contributed by atoms with Gasteiger partial charge in [-0.2, -0.15) is 0 Å². The van der Waals surface area contributed by atoms with Gasteiger partial charge in [-0.15, -0.1) is 0 Å². The van der Waals surface area contributed by atoms with Gasteiger partial charge in [0.25, 0.3) is 0 Å². The van der Waals surface area contributed by atoms with Crippen molar-refractivity contribution in [3.8, 4) is 0 Å². The van der Waals surface area contributed by atoms with Gasteiger partial charge in [-0.1, -0.05) is 0 Å². The molecule has 1 aliphatic rings. The molecule has 5 heteroatoms. The zero-order valence-electron chi connectivity index (χ0n) is 11.2. The maximum absolute atomic E-state index is 11.1. The Morgan fingerprint density at radius 2 is 1.94 bits per heavy atom. The third-order valence-electron chi connectivity index (χ3n) is 2.77. The fourth-order valence-corrected chi connectivity index (χ4v) is 2.19. The Hall–Kier alpha value is -0.810. The van der Waals surface area contributed by atoms with Crippen molar-refractivity contribution in [2.45, 2.75) is 39.4 Å². The number of nitrogens with zero attached hydrogens (tertiary/aromatic N) is 1. The highest BCUT2D eigenvalue weighted by atomic mass is 16.5. The molecule has 1 fully saturated rings. The number of rotatable bonds is 5. The van der Waals surface area contributed by atoms with Crippen LogP contribution in [0.4, 0.5) is 4.79 Å². The van der Waals surface area contributed by atoms with Crippen LogP contribution in [0.15, 0.2) is 0 Å². The van der Waals surface area contributed by atoms with Crippen LogP contribution in [-0.4, -0.2) is 55.9 Å². The fourth-order valence-electron chi connectivity index (χ4n) is 2.19. The molecule has 0 aliphatic carbocycles. The summed E-state index contributed by atoms with van der Waals surface area (Å²) < 4.78 is 5.67. The molecule has 0 saturated carbocycles. The lowest BCUT2D eigenvalue weighted by molar-refractivity contribution is -0.0679. The van der Waals surface area contributed by atoms with E-state index >= 15 is 0 Å². The van der Waals surface area contributed by atoms with Crippen molar-refractivity contribution in [3.05, 3.63) is 0 Å². The smallest absolute Gasteiger partial charge is 0.314 e. The third kappa shape index (κ3) is 5.89. The van der Waals surface area contributed by atoms with Gasteiger partial charge in [0, 0.05) is 32.7 Å². The predicted molar refractivity (Wildman–Crippen MR) is 68.1 cm³/mol. The standard InChI is InChI=1S/C12H25N3O2/c1-4-13-12(16)14-6-5-7-15-8-10(2)17-11(3)9-15/h10-11H,4-9H2,1-3H3,(H2,13,14,16). The lowest BCUT2D eigenvalue weighted by atomic mass is 10.2. The SMILES string of the molecule is CCNC(=O)NCCCN1CC(C)OC(C)C1. The topological polar surface area (TPSA) is 53.6 Å². The summed E-state index contributed by atoms with van der Waals surface area (Å²) >= 11 is 0. The summed E-state index contributed by atoms with van der Waals surface area (Å²) in [5.74, 6) is 0. The number of nitrogens with one attached hydrogen (secondary N) is 2. The zero-order valence-corrected chi connectivity index (χ0v) is 11.2. The van der Waals surface area contributed by atoms with Crippen molar-refractivity contribution in [2.75, 3.05) is 32.7 Å². The maximum atomic E-state index is 11.1. The zero-order chi connectivity index (χ0) is 12.7. The van der Waals surface area contributed by atoms with E-state index in [4.69, 9.17) is 4.74 Å². The number of carbonyl (C=O) groups is 1. The summed E-state index contributed by atoms with van der Waals surface area (Å²) in [7, 11) is 0. The van der Waals surface area contributed by atoms with Crippen LogP contribution in [0, 0.1) is 0 Å². The number of morpholine rings is 1. The first-order valence-corrected chi connectivity index (χ1v) is 6.51. The second kappa shape index (κ2) is 7.50. The van der Waals surface area contributed by atoms with Gasteiger partial charge in [-0.3, -0.25) is 4.90 Å². The summed E-state index contributed by atoms with van der Waals surface area (Å²) in [6.45, 7) is 10.5. The quantitative estimate of drug-likeness (QED) is 0.702. The summed E-state index contributed by atoms with van der Waals surface area (Å²) in [5, 5.41) is 5.55. The van der Waals surface area contributed by atoms with Crippen LogP contribution in [0.1, 0.15) is 27.2 Å². The molecule has 2 atom stereocenters. The highest BCUT2D eigenvalue weighted by molar-refractivity contribution is 5.73. The van der Waals surface area contributed by atoms with Gasteiger partial charge in [-0.05, 0) is 27.2 Å². The van der Waals surface area contributed by atoms with E-state index in [0.29, 0.717) is 18.8 Å².